The fourth-order valence-corrected chi connectivity index (χ4v) is 4.10. The number of hydrogen-bond acceptors (Lipinski definition) is 5. The molecule has 0 unspecified atom stereocenters. The number of rotatable bonds is 6. The quantitative estimate of drug-likeness (QED) is 0.724. The molecule has 1 N–H and O–H groups in total. The van der Waals surface area contributed by atoms with Crippen molar-refractivity contribution in [1.29, 1.82) is 0 Å². The van der Waals surface area contributed by atoms with Crippen molar-refractivity contribution < 1.29 is 13.2 Å². The Morgan fingerprint density at radius 2 is 1.93 bits per heavy atom. The highest BCUT2D eigenvalue weighted by Gasteiger charge is 2.31. The number of alkyl halides is 3. The van der Waals surface area contributed by atoms with E-state index >= 15 is 0 Å². The average molecular weight is 444 g/mol. The lowest BCUT2D eigenvalue weighted by Gasteiger charge is -2.35. The number of nitrogens with one attached hydrogen (secondary N) is 1. The second-order valence-corrected chi connectivity index (χ2v) is 8.18. The Labute approximate surface area is 178 Å². The lowest BCUT2D eigenvalue weighted by atomic mass is 9.83. The number of halogens is 4. The third-order valence-corrected chi connectivity index (χ3v) is 5.94. The molecule has 0 bridgehead atoms. The third-order valence-electron chi connectivity index (χ3n) is 5.57. The molecule has 0 aliphatic heterocycles. The van der Waals surface area contributed by atoms with Crippen LogP contribution < -0.4 is 10.9 Å². The van der Waals surface area contributed by atoms with Crippen LogP contribution in [0.15, 0.2) is 29.3 Å². The first-order valence-electron chi connectivity index (χ1n) is 9.90. The summed E-state index contributed by atoms with van der Waals surface area (Å²) in [4.78, 5) is 18.5. The molecule has 0 spiro atoms. The summed E-state index contributed by atoms with van der Waals surface area (Å²) in [5, 5.41) is 7.18. The van der Waals surface area contributed by atoms with Crippen molar-refractivity contribution in [2.24, 2.45) is 5.92 Å². The first-order valence-corrected chi connectivity index (χ1v) is 10.3. The SMILES string of the molecule is CN(C)[C@@H](CNc1cnn(-c2ccc(C(F)(F)F)cn2)c(=O)c1Cl)C1CCCCC1. The van der Waals surface area contributed by atoms with E-state index in [1.807, 2.05) is 14.1 Å². The number of nitrogens with zero attached hydrogens (tertiary/aromatic N) is 4. The Balaban J connectivity index is 1.76. The molecule has 1 saturated carbocycles. The molecule has 3 rings (SSSR count). The maximum atomic E-state index is 12.7. The standard InChI is InChI=1S/C20H25ClF3N5O/c1-28(2)16(13-6-4-3-5-7-13)12-25-15-11-27-29(19(30)18(15)21)17-9-8-14(10-26-17)20(22,23)24/h8-11,13,16,25H,3-7,12H2,1-2H3/t16-/m0/s1. The first-order chi connectivity index (χ1) is 14.2. The number of aromatic nitrogens is 3. The molecule has 2 aromatic heterocycles. The summed E-state index contributed by atoms with van der Waals surface area (Å²) in [6.45, 7) is 0.612. The van der Waals surface area contributed by atoms with E-state index in [0.717, 1.165) is 16.8 Å². The van der Waals surface area contributed by atoms with Crippen LogP contribution in [0.3, 0.4) is 0 Å². The van der Waals surface area contributed by atoms with Crippen molar-refractivity contribution in [1.82, 2.24) is 19.7 Å². The molecule has 0 amide bonds. The van der Waals surface area contributed by atoms with Crippen LogP contribution in [0.2, 0.25) is 5.02 Å². The van der Waals surface area contributed by atoms with E-state index in [2.05, 4.69) is 20.3 Å². The zero-order chi connectivity index (χ0) is 21.9. The van der Waals surface area contributed by atoms with Crippen molar-refractivity contribution >= 4 is 17.3 Å². The summed E-state index contributed by atoms with van der Waals surface area (Å²) in [5.41, 5.74) is -1.15. The van der Waals surface area contributed by atoms with Crippen molar-refractivity contribution in [3.63, 3.8) is 0 Å². The van der Waals surface area contributed by atoms with Gasteiger partial charge in [0, 0.05) is 18.8 Å². The number of hydrogen-bond donors (Lipinski definition) is 1. The molecule has 1 atom stereocenters. The number of anilines is 1. The topological polar surface area (TPSA) is 63.1 Å². The van der Waals surface area contributed by atoms with Gasteiger partial charge in [0.1, 0.15) is 5.02 Å². The summed E-state index contributed by atoms with van der Waals surface area (Å²) in [6, 6.07) is 2.23. The van der Waals surface area contributed by atoms with Gasteiger partial charge in [-0.1, -0.05) is 30.9 Å². The van der Waals surface area contributed by atoms with Crippen molar-refractivity contribution in [2.45, 2.75) is 44.3 Å². The molecule has 1 aliphatic carbocycles. The average Bonchev–Trinajstić information content (AvgIpc) is 2.71. The van der Waals surface area contributed by atoms with Gasteiger partial charge < -0.3 is 10.2 Å². The second-order valence-electron chi connectivity index (χ2n) is 7.80. The Hall–Kier alpha value is -2.13. The van der Waals surface area contributed by atoms with Crippen LogP contribution in [0.1, 0.15) is 37.7 Å². The van der Waals surface area contributed by atoms with Gasteiger partial charge in [-0.25, -0.2) is 4.98 Å². The molecular weight excluding hydrogens is 419 g/mol. The first kappa shape index (κ1) is 22.6. The maximum Gasteiger partial charge on any atom is 0.417 e. The number of likely N-dealkylation sites (N-methyl/N-ethyl adjacent to an activating group) is 1. The molecular formula is C20H25ClF3N5O. The summed E-state index contributed by atoms with van der Waals surface area (Å²) in [6.07, 6.45) is 3.65. The minimum Gasteiger partial charge on any atom is -0.381 e. The van der Waals surface area contributed by atoms with Gasteiger partial charge in [-0.15, -0.1) is 0 Å². The minimum atomic E-state index is -4.50. The zero-order valence-electron chi connectivity index (χ0n) is 16.9. The Kier molecular flexibility index (Phi) is 7.02. The van der Waals surface area contributed by atoms with Gasteiger partial charge >= 0.3 is 6.18 Å². The van der Waals surface area contributed by atoms with Gasteiger partial charge in [-0.05, 0) is 45.0 Å². The normalized spacial score (nSPS) is 16.6. The lowest BCUT2D eigenvalue weighted by Crippen LogP contribution is -2.41. The molecule has 6 nitrogen and oxygen atoms in total. The van der Waals surface area contributed by atoms with Crippen LogP contribution in [0.4, 0.5) is 18.9 Å². The van der Waals surface area contributed by atoms with Crippen molar-refractivity contribution in [2.75, 3.05) is 26.0 Å². The predicted octanol–water partition coefficient (Wildman–Crippen LogP) is 4.22. The Bertz CT molecular complexity index is 908. The van der Waals surface area contributed by atoms with E-state index in [9.17, 15) is 18.0 Å². The molecule has 2 heterocycles. The molecule has 1 fully saturated rings. The van der Waals surface area contributed by atoms with Crippen molar-refractivity contribution in [3.8, 4) is 5.82 Å². The van der Waals surface area contributed by atoms with Crippen molar-refractivity contribution in [3.05, 3.63) is 45.5 Å². The van der Waals surface area contributed by atoms with Crippen LogP contribution in [0.25, 0.3) is 5.82 Å². The van der Waals surface area contributed by atoms with E-state index in [-0.39, 0.29) is 10.8 Å². The predicted molar refractivity (Wildman–Crippen MR) is 110 cm³/mol. The third kappa shape index (κ3) is 5.13. The zero-order valence-corrected chi connectivity index (χ0v) is 17.7. The molecule has 30 heavy (non-hydrogen) atoms. The molecule has 164 valence electrons. The fraction of sp³-hybridized carbons (Fsp3) is 0.550. The van der Waals surface area contributed by atoms with Gasteiger partial charge in [0.15, 0.2) is 5.82 Å². The second kappa shape index (κ2) is 9.34. The highest BCUT2D eigenvalue weighted by molar-refractivity contribution is 6.32. The highest BCUT2D eigenvalue weighted by atomic mass is 35.5. The molecule has 10 heteroatoms. The van der Waals surface area contributed by atoms with Crippen LogP contribution in [0.5, 0.6) is 0 Å². The molecule has 0 saturated heterocycles. The summed E-state index contributed by atoms with van der Waals surface area (Å²) in [5.74, 6) is 0.541. The molecule has 0 radical (unpaired) electrons. The van der Waals surface area contributed by atoms with E-state index in [1.165, 1.54) is 38.3 Å². The molecule has 0 aromatic carbocycles. The highest BCUT2D eigenvalue weighted by Crippen LogP contribution is 2.30. The molecule has 2 aromatic rings. The van der Waals surface area contributed by atoms with Gasteiger partial charge in [0.05, 0.1) is 17.4 Å². The van der Waals surface area contributed by atoms with Crippen LogP contribution in [0, 0.1) is 5.92 Å². The van der Waals surface area contributed by atoms with E-state index in [1.54, 1.807) is 0 Å². The van der Waals surface area contributed by atoms with Gasteiger partial charge in [0.2, 0.25) is 0 Å². The minimum absolute atomic E-state index is 0.0326. The van der Waals surface area contributed by atoms with Crippen LogP contribution in [-0.4, -0.2) is 46.3 Å². The largest absolute Gasteiger partial charge is 0.417 e. The van der Waals surface area contributed by atoms with E-state index in [0.29, 0.717) is 30.4 Å². The van der Waals surface area contributed by atoms with Gasteiger partial charge in [-0.3, -0.25) is 4.79 Å². The fourth-order valence-electron chi connectivity index (χ4n) is 3.90. The van der Waals surface area contributed by atoms with Gasteiger partial charge in [-0.2, -0.15) is 23.0 Å². The lowest BCUT2D eigenvalue weighted by molar-refractivity contribution is -0.137. The summed E-state index contributed by atoms with van der Waals surface area (Å²) < 4.78 is 39.0. The summed E-state index contributed by atoms with van der Waals surface area (Å²) in [7, 11) is 4.07. The number of pyridine rings is 1. The monoisotopic (exact) mass is 443 g/mol. The van der Waals surface area contributed by atoms with Crippen LogP contribution >= 0.6 is 11.6 Å². The Morgan fingerprint density at radius 1 is 1.23 bits per heavy atom. The van der Waals surface area contributed by atoms with Crippen LogP contribution in [-0.2, 0) is 6.18 Å². The maximum absolute atomic E-state index is 12.7. The summed E-state index contributed by atoms with van der Waals surface area (Å²) >= 11 is 6.24. The van der Waals surface area contributed by atoms with E-state index < -0.39 is 17.3 Å². The smallest absolute Gasteiger partial charge is 0.381 e. The molecule has 1 aliphatic rings. The van der Waals surface area contributed by atoms with E-state index in [4.69, 9.17) is 11.6 Å². The van der Waals surface area contributed by atoms with Gasteiger partial charge in [0.25, 0.3) is 5.56 Å². The Morgan fingerprint density at radius 3 is 2.50 bits per heavy atom.